The zero-order valence-corrected chi connectivity index (χ0v) is 18.1. The van der Waals surface area contributed by atoms with Gasteiger partial charge in [-0.05, 0) is 42.0 Å². The zero-order valence-electron chi connectivity index (χ0n) is 14.9. The number of thiophene rings is 1. The first kappa shape index (κ1) is 19.3. The highest BCUT2D eigenvalue weighted by Gasteiger charge is 2.23. The van der Waals surface area contributed by atoms with Crippen LogP contribution in [0.1, 0.15) is 54.4 Å². The van der Waals surface area contributed by atoms with Crippen LogP contribution in [0.2, 0.25) is 10.0 Å². The molecule has 4 rings (SSSR count). The Morgan fingerprint density at radius 3 is 2.70 bits per heavy atom. The molecular formula is C20H21Cl2N3S2. The quantitative estimate of drug-likeness (QED) is 0.387. The Morgan fingerprint density at radius 1 is 1.11 bits per heavy atom. The molecule has 2 heterocycles. The van der Waals surface area contributed by atoms with Crippen molar-refractivity contribution in [1.82, 2.24) is 14.8 Å². The third kappa shape index (κ3) is 4.70. The molecular weight excluding hydrogens is 417 g/mol. The van der Waals surface area contributed by atoms with E-state index in [0.29, 0.717) is 16.1 Å². The Bertz CT molecular complexity index is 887. The van der Waals surface area contributed by atoms with Gasteiger partial charge in [-0.1, -0.05) is 66.4 Å². The van der Waals surface area contributed by atoms with Crippen LogP contribution in [0.3, 0.4) is 0 Å². The molecule has 1 aliphatic carbocycles. The molecule has 0 atom stereocenters. The monoisotopic (exact) mass is 437 g/mol. The summed E-state index contributed by atoms with van der Waals surface area (Å²) in [5.74, 6) is 1.84. The molecule has 27 heavy (non-hydrogen) atoms. The molecule has 0 amide bonds. The number of halogens is 2. The highest BCUT2D eigenvalue weighted by molar-refractivity contribution is 7.98. The van der Waals surface area contributed by atoms with Gasteiger partial charge in [0, 0.05) is 33.1 Å². The number of aromatic nitrogens is 3. The molecule has 0 aliphatic heterocycles. The van der Waals surface area contributed by atoms with E-state index in [2.05, 4.69) is 32.3 Å². The largest absolute Gasteiger partial charge is 0.303 e. The van der Waals surface area contributed by atoms with Crippen molar-refractivity contribution in [2.45, 2.75) is 55.5 Å². The van der Waals surface area contributed by atoms with E-state index in [0.717, 1.165) is 28.7 Å². The minimum absolute atomic E-state index is 0.506. The number of rotatable bonds is 6. The van der Waals surface area contributed by atoms with Gasteiger partial charge in [0.25, 0.3) is 0 Å². The minimum Gasteiger partial charge on any atom is -0.303 e. The van der Waals surface area contributed by atoms with Gasteiger partial charge in [-0.3, -0.25) is 0 Å². The molecule has 0 radical (unpaired) electrons. The van der Waals surface area contributed by atoms with Gasteiger partial charge in [0.1, 0.15) is 5.82 Å². The third-order valence-electron chi connectivity index (χ3n) is 4.96. The highest BCUT2D eigenvalue weighted by atomic mass is 35.5. The van der Waals surface area contributed by atoms with Crippen LogP contribution in [0, 0.1) is 0 Å². The molecule has 0 bridgehead atoms. The Labute approximate surface area is 178 Å². The number of nitrogens with zero attached hydrogens (tertiary/aromatic N) is 3. The average molecular weight is 438 g/mol. The molecule has 0 spiro atoms. The SMILES string of the molecule is Clc1ccc(CSc2nnc(Cc3cccs3)n2C2CCCCC2)c(Cl)c1. The number of benzene rings is 1. The van der Waals surface area contributed by atoms with E-state index in [4.69, 9.17) is 23.2 Å². The molecule has 1 saturated carbocycles. The molecule has 0 unspecified atom stereocenters. The predicted molar refractivity (Wildman–Crippen MR) is 115 cm³/mol. The first-order valence-electron chi connectivity index (χ1n) is 9.23. The molecule has 3 aromatic rings. The smallest absolute Gasteiger partial charge is 0.191 e. The Balaban J connectivity index is 1.58. The number of hydrogen-bond acceptors (Lipinski definition) is 4. The lowest BCUT2D eigenvalue weighted by Gasteiger charge is -2.25. The van der Waals surface area contributed by atoms with Crippen molar-refractivity contribution in [3.63, 3.8) is 0 Å². The summed E-state index contributed by atoms with van der Waals surface area (Å²) in [6.45, 7) is 0. The lowest BCUT2D eigenvalue weighted by atomic mass is 9.95. The van der Waals surface area contributed by atoms with Crippen molar-refractivity contribution in [2.75, 3.05) is 0 Å². The summed E-state index contributed by atoms with van der Waals surface area (Å²) in [6.07, 6.45) is 7.18. The number of hydrogen-bond donors (Lipinski definition) is 0. The second-order valence-electron chi connectivity index (χ2n) is 6.84. The maximum Gasteiger partial charge on any atom is 0.191 e. The van der Waals surface area contributed by atoms with Gasteiger partial charge in [0.15, 0.2) is 5.16 Å². The lowest BCUT2D eigenvalue weighted by molar-refractivity contribution is 0.330. The first-order chi connectivity index (χ1) is 13.2. The van der Waals surface area contributed by atoms with Gasteiger partial charge in [0.2, 0.25) is 0 Å². The van der Waals surface area contributed by atoms with Crippen LogP contribution in [0.15, 0.2) is 40.9 Å². The fourth-order valence-corrected chi connectivity index (χ4v) is 5.87. The Kier molecular flexibility index (Phi) is 6.43. The fraction of sp³-hybridized carbons (Fsp3) is 0.400. The first-order valence-corrected chi connectivity index (χ1v) is 11.9. The topological polar surface area (TPSA) is 30.7 Å². The van der Waals surface area contributed by atoms with Crippen molar-refractivity contribution in [1.29, 1.82) is 0 Å². The molecule has 1 fully saturated rings. The normalized spacial score (nSPS) is 15.3. The van der Waals surface area contributed by atoms with E-state index in [1.165, 1.54) is 37.0 Å². The van der Waals surface area contributed by atoms with E-state index < -0.39 is 0 Å². The molecule has 142 valence electrons. The van der Waals surface area contributed by atoms with Gasteiger partial charge in [-0.2, -0.15) is 0 Å². The summed E-state index contributed by atoms with van der Waals surface area (Å²) in [4.78, 5) is 1.33. The van der Waals surface area contributed by atoms with Crippen LogP contribution in [0.4, 0.5) is 0 Å². The third-order valence-corrected chi connectivity index (χ3v) is 7.41. The molecule has 3 nitrogen and oxygen atoms in total. The minimum atomic E-state index is 0.506. The van der Waals surface area contributed by atoms with Crippen LogP contribution in [0.25, 0.3) is 0 Å². The van der Waals surface area contributed by atoms with Crippen molar-refractivity contribution in [3.05, 3.63) is 62.0 Å². The van der Waals surface area contributed by atoms with Crippen molar-refractivity contribution in [2.24, 2.45) is 0 Å². The van der Waals surface area contributed by atoms with Gasteiger partial charge < -0.3 is 4.57 Å². The molecule has 7 heteroatoms. The van der Waals surface area contributed by atoms with Crippen LogP contribution >= 0.6 is 46.3 Å². The van der Waals surface area contributed by atoms with E-state index in [1.54, 1.807) is 29.2 Å². The van der Waals surface area contributed by atoms with E-state index in [1.807, 2.05) is 12.1 Å². The predicted octanol–water partition coefficient (Wildman–Crippen LogP) is 7.03. The molecule has 0 saturated heterocycles. The summed E-state index contributed by atoms with van der Waals surface area (Å²) in [6, 6.07) is 10.5. The summed E-state index contributed by atoms with van der Waals surface area (Å²) in [5, 5.41) is 13.6. The summed E-state index contributed by atoms with van der Waals surface area (Å²) in [7, 11) is 0. The molecule has 1 aromatic carbocycles. The molecule has 0 N–H and O–H groups in total. The van der Waals surface area contributed by atoms with Crippen LogP contribution < -0.4 is 0 Å². The molecule has 2 aromatic heterocycles. The van der Waals surface area contributed by atoms with Crippen LogP contribution in [-0.4, -0.2) is 14.8 Å². The van der Waals surface area contributed by atoms with Crippen molar-refractivity contribution >= 4 is 46.3 Å². The summed E-state index contributed by atoms with van der Waals surface area (Å²) in [5.41, 5.74) is 1.07. The summed E-state index contributed by atoms with van der Waals surface area (Å²) >= 11 is 15.9. The number of thioether (sulfide) groups is 1. The van der Waals surface area contributed by atoms with Gasteiger partial charge in [0.05, 0.1) is 0 Å². The van der Waals surface area contributed by atoms with E-state index >= 15 is 0 Å². The molecule has 1 aliphatic rings. The van der Waals surface area contributed by atoms with E-state index in [-0.39, 0.29) is 0 Å². The zero-order chi connectivity index (χ0) is 18.6. The van der Waals surface area contributed by atoms with Crippen LogP contribution in [0.5, 0.6) is 0 Å². The van der Waals surface area contributed by atoms with Crippen molar-refractivity contribution < 1.29 is 0 Å². The maximum atomic E-state index is 6.35. The van der Waals surface area contributed by atoms with Gasteiger partial charge in [-0.15, -0.1) is 21.5 Å². The van der Waals surface area contributed by atoms with Crippen LogP contribution in [-0.2, 0) is 12.2 Å². The van der Waals surface area contributed by atoms with Crippen molar-refractivity contribution in [3.8, 4) is 0 Å². The lowest BCUT2D eigenvalue weighted by Crippen LogP contribution is -2.16. The van der Waals surface area contributed by atoms with Gasteiger partial charge in [-0.25, -0.2) is 0 Å². The standard InChI is InChI=1S/C20H21Cl2N3S2/c21-15-9-8-14(18(22)11-15)13-27-20-24-23-19(12-17-7-4-10-26-17)25(20)16-5-2-1-3-6-16/h4,7-11,16H,1-3,5-6,12-13H2. The summed E-state index contributed by atoms with van der Waals surface area (Å²) < 4.78 is 2.40. The fourth-order valence-electron chi connectivity index (χ4n) is 3.58. The van der Waals surface area contributed by atoms with Gasteiger partial charge >= 0.3 is 0 Å². The highest BCUT2D eigenvalue weighted by Crippen LogP contribution is 2.35. The second kappa shape index (κ2) is 8.99. The van der Waals surface area contributed by atoms with E-state index in [9.17, 15) is 0 Å². The average Bonchev–Trinajstić information content (AvgIpc) is 3.32. The second-order valence-corrected chi connectivity index (χ2v) is 9.66. The Hall–Kier alpha value is -1.01. The maximum absolute atomic E-state index is 6.35. The Morgan fingerprint density at radius 2 is 1.96 bits per heavy atom.